The lowest BCUT2D eigenvalue weighted by Gasteiger charge is -2.28. The van der Waals surface area contributed by atoms with Crippen LogP contribution in [0.3, 0.4) is 0 Å². The van der Waals surface area contributed by atoms with Crippen molar-refractivity contribution in [1.29, 1.82) is 0 Å². The Kier molecular flexibility index (Phi) is 4.85. The van der Waals surface area contributed by atoms with Gasteiger partial charge in [0, 0.05) is 19.4 Å². The SMILES string of the molecule is CN(C(=O)CCl)C(c1cccnc1)c1ccc(F)c(F)c1. The number of hydrogen-bond acceptors (Lipinski definition) is 2. The van der Waals surface area contributed by atoms with E-state index in [-0.39, 0.29) is 11.8 Å². The third kappa shape index (κ3) is 3.36. The molecule has 2 aromatic rings. The van der Waals surface area contributed by atoms with Crippen molar-refractivity contribution in [3.8, 4) is 0 Å². The predicted molar refractivity (Wildman–Crippen MR) is 75.9 cm³/mol. The molecule has 0 saturated heterocycles. The number of nitrogens with zero attached hydrogens (tertiary/aromatic N) is 2. The first kappa shape index (κ1) is 15.4. The van der Waals surface area contributed by atoms with Crippen LogP contribution in [-0.2, 0) is 4.79 Å². The number of alkyl halides is 1. The molecule has 1 heterocycles. The van der Waals surface area contributed by atoms with Crippen LogP contribution in [0.2, 0.25) is 0 Å². The lowest BCUT2D eigenvalue weighted by atomic mass is 9.98. The maximum absolute atomic E-state index is 13.5. The molecule has 1 unspecified atom stereocenters. The van der Waals surface area contributed by atoms with Gasteiger partial charge in [-0.05, 0) is 29.3 Å². The number of rotatable bonds is 4. The van der Waals surface area contributed by atoms with Gasteiger partial charge in [0.15, 0.2) is 11.6 Å². The van der Waals surface area contributed by atoms with E-state index < -0.39 is 17.7 Å². The van der Waals surface area contributed by atoms with Crippen LogP contribution in [0, 0.1) is 11.6 Å². The highest BCUT2D eigenvalue weighted by molar-refractivity contribution is 6.27. The molecule has 21 heavy (non-hydrogen) atoms. The lowest BCUT2D eigenvalue weighted by molar-refractivity contribution is -0.128. The molecule has 0 aliphatic carbocycles. The van der Waals surface area contributed by atoms with Gasteiger partial charge in [-0.15, -0.1) is 11.6 Å². The number of hydrogen-bond donors (Lipinski definition) is 0. The van der Waals surface area contributed by atoms with Crippen LogP contribution >= 0.6 is 11.6 Å². The van der Waals surface area contributed by atoms with Gasteiger partial charge in [0.25, 0.3) is 0 Å². The quantitative estimate of drug-likeness (QED) is 0.813. The molecule has 1 atom stereocenters. The van der Waals surface area contributed by atoms with Crippen LogP contribution in [0.5, 0.6) is 0 Å². The van der Waals surface area contributed by atoms with Gasteiger partial charge in [0.05, 0.1) is 6.04 Å². The van der Waals surface area contributed by atoms with E-state index in [1.165, 1.54) is 11.0 Å². The van der Waals surface area contributed by atoms with Crippen molar-refractivity contribution in [3.63, 3.8) is 0 Å². The molecule has 2 rings (SSSR count). The van der Waals surface area contributed by atoms with E-state index in [9.17, 15) is 13.6 Å². The number of halogens is 3. The summed E-state index contributed by atoms with van der Waals surface area (Å²) in [5.74, 6) is -2.42. The average Bonchev–Trinajstić information content (AvgIpc) is 2.51. The Labute approximate surface area is 126 Å². The average molecular weight is 311 g/mol. The number of benzene rings is 1. The number of carbonyl (C=O) groups excluding carboxylic acids is 1. The Hall–Kier alpha value is -2.01. The Morgan fingerprint density at radius 2 is 2.05 bits per heavy atom. The highest BCUT2D eigenvalue weighted by atomic mass is 35.5. The first-order valence-corrected chi connectivity index (χ1v) is 6.74. The molecule has 0 spiro atoms. The van der Waals surface area contributed by atoms with Gasteiger partial charge in [0.1, 0.15) is 5.88 Å². The summed E-state index contributed by atoms with van der Waals surface area (Å²) in [5, 5.41) is 0. The molecular formula is C15H13ClF2N2O. The van der Waals surface area contributed by atoms with Crippen molar-refractivity contribution in [1.82, 2.24) is 9.88 Å². The standard InChI is InChI=1S/C15H13ClF2N2O/c1-20(14(21)8-16)15(11-3-2-6-19-9-11)10-4-5-12(17)13(18)7-10/h2-7,9,15H,8H2,1H3. The van der Waals surface area contributed by atoms with E-state index >= 15 is 0 Å². The summed E-state index contributed by atoms with van der Waals surface area (Å²) in [4.78, 5) is 17.2. The minimum atomic E-state index is -0.965. The van der Waals surface area contributed by atoms with E-state index in [1.54, 1.807) is 31.6 Å². The van der Waals surface area contributed by atoms with Crippen molar-refractivity contribution in [3.05, 3.63) is 65.5 Å². The van der Waals surface area contributed by atoms with Crippen molar-refractivity contribution < 1.29 is 13.6 Å². The third-order valence-electron chi connectivity index (χ3n) is 3.15. The largest absolute Gasteiger partial charge is 0.334 e. The van der Waals surface area contributed by atoms with Gasteiger partial charge in [-0.2, -0.15) is 0 Å². The van der Waals surface area contributed by atoms with E-state index in [2.05, 4.69) is 4.98 Å². The van der Waals surface area contributed by atoms with Crippen molar-refractivity contribution in [2.24, 2.45) is 0 Å². The fourth-order valence-corrected chi connectivity index (χ4v) is 2.29. The van der Waals surface area contributed by atoms with E-state index in [1.807, 2.05) is 0 Å². The minimum absolute atomic E-state index is 0.197. The summed E-state index contributed by atoms with van der Waals surface area (Å²) >= 11 is 5.58. The Balaban J connectivity index is 2.50. The molecule has 0 bridgehead atoms. The third-order valence-corrected chi connectivity index (χ3v) is 3.38. The zero-order chi connectivity index (χ0) is 15.4. The Bertz CT molecular complexity index is 637. The molecule has 0 aliphatic rings. The summed E-state index contributed by atoms with van der Waals surface area (Å²) < 4.78 is 26.6. The highest BCUT2D eigenvalue weighted by Gasteiger charge is 2.24. The molecule has 3 nitrogen and oxygen atoms in total. The first-order valence-electron chi connectivity index (χ1n) is 6.21. The van der Waals surface area contributed by atoms with E-state index in [4.69, 9.17) is 11.6 Å². The molecule has 1 amide bonds. The van der Waals surface area contributed by atoms with Crippen molar-refractivity contribution >= 4 is 17.5 Å². The normalized spacial score (nSPS) is 12.0. The topological polar surface area (TPSA) is 33.2 Å². The Morgan fingerprint density at radius 3 is 2.62 bits per heavy atom. The molecule has 0 fully saturated rings. The van der Waals surface area contributed by atoms with Gasteiger partial charge >= 0.3 is 0 Å². The van der Waals surface area contributed by atoms with Crippen LogP contribution in [0.4, 0.5) is 8.78 Å². The molecule has 110 valence electrons. The second kappa shape index (κ2) is 6.63. The number of aromatic nitrogens is 1. The monoisotopic (exact) mass is 310 g/mol. The lowest BCUT2D eigenvalue weighted by Crippen LogP contribution is -2.33. The molecule has 1 aromatic carbocycles. The van der Waals surface area contributed by atoms with Crippen molar-refractivity contribution in [2.75, 3.05) is 12.9 Å². The van der Waals surface area contributed by atoms with Crippen molar-refractivity contribution in [2.45, 2.75) is 6.04 Å². The predicted octanol–water partition coefficient (Wildman–Crippen LogP) is 3.15. The second-order valence-electron chi connectivity index (χ2n) is 4.50. The molecule has 0 saturated carbocycles. The summed E-state index contributed by atoms with van der Waals surface area (Å²) in [6.45, 7) is 0. The molecule has 0 aliphatic heterocycles. The maximum atomic E-state index is 13.5. The number of carbonyl (C=O) groups is 1. The summed E-state index contributed by atoms with van der Waals surface area (Å²) in [6, 6.07) is 6.43. The van der Waals surface area contributed by atoms with Crippen LogP contribution in [0.1, 0.15) is 17.2 Å². The molecule has 1 aromatic heterocycles. The first-order chi connectivity index (χ1) is 10.0. The zero-order valence-corrected chi connectivity index (χ0v) is 12.0. The maximum Gasteiger partial charge on any atom is 0.238 e. The van der Waals surface area contributed by atoms with Crippen LogP contribution in [0.25, 0.3) is 0 Å². The fraction of sp³-hybridized carbons (Fsp3) is 0.200. The Morgan fingerprint density at radius 1 is 1.29 bits per heavy atom. The van der Waals surface area contributed by atoms with Gasteiger partial charge in [0.2, 0.25) is 5.91 Å². The van der Waals surface area contributed by atoms with Gasteiger partial charge in [-0.1, -0.05) is 12.1 Å². The van der Waals surface area contributed by atoms with Gasteiger partial charge < -0.3 is 4.90 Å². The van der Waals surface area contributed by atoms with Crippen LogP contribution < -0.4 is 0 Å². The molecule has 0 radical (unpaired) electrons. The second-order valence-corrected chi connectivity index (χ2v) is 4.77. The molecular weight excluding hydrogens is 298 g/mol. The molecule has 0 N–H and O–H groups in total. The summed E-state index contributed by atoms with van der Waals surface area (Å²) in [7, 11) is 1.56. The van der Waals surface area contributed by atoms with Gasteiger partial charge in [-0.3, -0.25) is 9.78 Å². The number of amides is 1. The van der Waals surface area contributed by atoms with E-state index in [0.717, 1.165) is 12.1 Å². The smallest absolute Gasteiger partial charge is 0.238 e. The van der Waals surface area contributed by atoms with Crippen LogP contribution in [-0.4, -0.2) is 28.7 Å². The number of pyridine rings is 1. The van der Waals surface area contributed by atoms with Gasteiger partial charge in [-0.25, -0.2) is 8.78 Å². The minimum Gasteiger partial charge on any atom is -0.334 e. The highest BCUT2D eigenvalue weighted by Crippen LogP contribution is 2.28. The summed E-state index contributed by atoms with van der Waals surface area (Å²) in [5.41, 5.74) is 1.13. The fourth-order valence-electron chi connectivity index (χ4n) is 2.10. The summed E-state index contributed by atoms with van der Waals surface area (Å²) in [6.07, 6.45) is 3.17. The van der Waals surface area contributed by atoms with Crippen LogP contribution in [0.15, 0.2) is 42.7 Å². The zero-order valence-electron chi connectivity index (χ0n) is 11.3. The molecule has 6 heteroatoms. The van der Waals surface area contributed by atoms with E-state index in [0.29, 0.717) is 11.1 Å².